The quantitative estimate of drug-likeness (QED) is 0.475. The summed E-state index contributed by atoms with van der Waals surface area (Å²) >= 11 is 0. The molecule has 2 aromatic carbocycles. The summed E-state index contributed by atoms with van der Waals surface area (Å²) in [7, 11) is 2.75. The standard InChI is InChI=1S/C23H28N2O7/c1-15(26)20(25-23(29)32-14-17-7-5-4-6-8-17)21(27)24-19(22(28)31-3)13-16-9-11-18(30-2)12-10-16/h4-12,15,19-20,26H,13-14H2,1-3H3,(H,24,27)(H,25,29)/t15-,19-,20+/m1/s1. The molecule has 0 aromatic heterocycles. The number of aliphatic hydroxyl groups excluding tert-OH is 1. The molecule has 0 bridgehead atoms. The molecule has 0 aliphatic heterocycles. The number of alkyl carbamates (subject to hydrolysis) is 1. The highest BCUT2D eigenvalue weighted by Gasteiger charge is 2.30. The Morgan fingerprint density at radius 2 is 1.59 bits per heavy atom. The number of hydrogen-bond acceptors (Lipinski definition) is 7. The van der Waals surface area contributed by atoms with E-state index in [0.29, 0.717) is 5.75 Å². The molecule has 2 amide bonds. The summed E-state index contributed by atoms with van der Waals surface area (Å²) in [5, 5.41) is 14.9. The topological polar surface area (TPSA) is 123 Å². The van der Waals surface area contributed by atoms with Crippen molar-refractivity contribution in [3.8, 4) is 5.75 Å². The van der Waals surface area contributed by atoms with Gasteiger partial charge in [-0.1, -0.05) is 42.5 Å². The summed E-state index contributed by atoms with van der Waals surface area (Å²) in [6.45, 7) is 1.35. The Hall–Kier alpha value is -3.59. The number of carbonyl (C=O) groups excluding carboxylic acids is 3. The number of esters is 1. The van der Waals surface area contributed by atoms with Crippen molar-refractivity contribution in [3.05, 3.63) is 65.7 Å². The lowest BCUT2D eigenvalue weighted by molar-refractivity contribution is -0.145. The summed E-state index contributed by atoms with van der Waals surface area (Å²) in [6.07, 6.45) is -1.97. The first-order chi connectivity index (χ1) is 15.3. The molecule has 0 aliphatic rings. The Bertz CT molecular complexity index is 885. The third-order valence-electron chi connectivity index (χ3n) is 4.65. The Balaban J connectivity index is 2.01. The first-order valence-corrected chi connectivity index (χ1v) is 10.0. The zero-order valence-electron chi connectivity index (χ0n) is 18.2. The van der Waals surface area contributed by atoms with E-state index in [9.17, 15) is 19.5 Å². The number of nitrogens with one attached hydrogen (secondary N) is 2. The average Bonchev–Trinajstić information content (AvgIpc) is 2.81. The van der Waals surface area contributed by atoms with Crippen LogP contribution in [0.4, 0.5) is 4.79 Å². The molecule has 0 saturated heterocycles. The van der Waals surface area contributed by atoms with Crippen LogP contribution in [0.15, 0.2) is 54.6 Å². The second kappa shape index (κ2) is 12.3. The predicted molar refractivity (Wildman–Crippen MR) is 116 cm³/mol. The second-order valence-electron chi connectivity index (χ2n) is 7.06. The number of ether oxygens (including phenoxy) is 3. The highest BCUT2D eigenvalue weighted by atomic mass is 16.5. The molecule has 0 spiro atoms. The fourth-order valence-electron chi connectivity index (χ4n) is 2.89. The number of rotatable bonds is 10. The van der Waals surface area contributed by atoms with Crippen LogP contribution in [0.1, 0.15) is 18.1 Å². The maximum absolute atomic E-state index is 12.7. The zero-order chi connectivity index (χ0) is 23.5. The van der Waals surface area contributed by atoms with Crippen molar-refractivity contribution in [2.75, 3.05) is 14.2 Å². The van der Waals surface area contributed by atoms with Crippen molar-refractivity contribution in [2.45, 2.75) is 38.1 Å². The van der Waals surface area contributed by atoms with Crippen LogP contribution in [0, 0.1) is 0 Å². The van der Waals surface area contributed by atoms with E-state index in [4.69, 9.17) is 14.2 Å². The van der Waals surface area contributed by atoms with Gasteiger partial charge in [-0.15, -0.1) is 0 Å². The van der Waals surface area contributed by atoms with Crippen molar-refractivity contribution >= 4 is 18.0 Å². The Kier molecular flexibility index (Phi) is 9.49. The lowest BCUT2D eigenvalue weighted by Gasteiger charge is -2.24. The van der Waals surface area contributed by atoms with Gasteiger partial charge in [0, 0.05) is 6.42 Å². The van der Waals surface area contributed by atoms with Crippen LogP contribution in [0.2, 0.25) is 0 Å². The van der Waals surface area contributed by atoms with Gasteiger partial charge < -0.3 is 30.0 Å². The van der Waals surface area contributed by atoms with Crippen LogP contribution < -0.4 is 15.4 Å². The monoisotopic (exact) mass is 444 g/mol. The summed E-state index contributed by atoms with van der Waals surface area (Å²) in [4.78, 5) is 37.1. The van der Waals surface area contributed by atoms with Crippen LogP contribution >= 0.6 is 0 Å². The summed E-state index contributed by atoms with van der Waals surface area (Å²) < 4.78 is 15.0. The fourth-order valence-corrected chi connectivity index (χ4v) is 2.89. The predicted octanol–water partition coefficient (Wildman–Crippen LogP) is 1.57. The molecule has 9 nitrogen and oxygen atoms in total. The van der Waals surface area contributed by atoms with Gasteiger partial charge in [0.25, 0.3) is 0 Å². The molecule has 0 radical (unpaired) electrons. The minimum atomic E-state index is -1.33. The molecule has 3 N–H and O–H groups in total. The molecule has 0 aliphatic carbocycles. The molecule has 9 heteroatoms. The highest BCUT2D eigenvalue weighted by Crippen LogP contribution is 2.13. The number of methoxy groups -OCH3 is 2. The van der Waals surface area contributed by atoms with Crippen LogP contribution in [0.25, 0.3) is 0 Å². The van der Waals surface area contributed by atoms with E-state index in [0.717, 1.165) is 11.1 Å². The number of carbonyl (C=O) groups is 3. The Morgan fingerprint density at radius 3 is 2.16 bits per heavy atom. The van der Waals surface area contributed by atoms with Gasteiger partial charge in [0.15, 0.2) is 0 Å². The Labute approximate surface area is 186 Å². The first-order valence-electron chi connectivity index (χ1n) is 10.0. The van der Waals surface area contributed by atoms with E-state index in [1.807, 2.05) is 6.07 Å². The lowest BCUT2D eigenvalue weighted by Crippen LogP contribution is -2.56. The van der Waals surface area contributed by atoms with E-state index < -0.39 is 36.2 Å². The maximum Gasteiger partial charge on any atom is 0.408 e. The minimum Gasteiger partial charge on any atom is -0.497 e. The van der Waals surface area contributed by atoms with Gasteiger partial charge in [-0.05, 0) is 30.2 Å². The van der Waals surface area contributed by atoms with Crippen LogP contribution in [0.5, 0.6) is 5.75 Å². The van der Waals surface area contributed by atoms with Crippen molar-refractivity contribution in [1.82, 2.24) is 10.6 Å². The number of benzene rings is 2. The summed E-state index contributed by atoms with van der Waals surface area (Å²) in [6, 6.07) is 13.6. The zero-order valence-corrected chi connectivity index (χ0v) is 18.2. The molecular formula is C23H28N2O7. The van der Waals surface area contributed by atoms with Gasteiger partial charge in [0.2, 0.25) is 5.91 Å². The number of amides is 2. The van der Waals surface area contributed by atoms with Gasteiger partial charge in [-0.3, -0.25) is 4.79 Å². The van der Waals surface area contributed by atoms with Crippen molar-refractivity contribution < 1.29 is 33.7 Å². The lowest BCUT2D eigenvalue weighted by atomic mass is 10.0. The van der Waals surface area contributed by atoms with Gasteiger partial charge in [-0.25, -0.2) is 9.59 Å². The highest BCUT2D eigenvalue weighted by molar-refractivity contribution is 5.90. The molecule has 2 aromatic rings. The largest absolute Gasteiger partial charge is 0.497 e. The van der Waals surface area contributed by atoms with E-state index in [-0.39, 0.29) is 13.0 Å². The third-order valence-corrected chi connectivity index (χ3v) is 4.65. The van der Waals surface area contributed by atoms with Crippen molar-refractivity contribution in [1.29, 1.82) is 0 Å². The third kappa shape index (κ3) is 7.59. The SMILES string of the molecule is COC(=O)[C@@H](Cc1ccc(OC)cc1)NC(=O)[C@@H](NC(=O)OCc1ccccc1)[C@@H](C)O. The average molecular weight is 444 g/mol. The summed E-state index contributed by atoms with van der Waals surface area (Å²) in [5.74, 6) is -0.759. The van der Waals surface area contributed by atoms with Gasteiger partial charge in [0.1, 0.15) is 24.4 Å². The van der Waals surface area contributed by atoms with Gasteiger partial charge in [-0.2, -0.15) is 0 Å². The van der Waals surface area contributed by atoms with E-state index in [2.05, 4.69) is 10.6 Å². The normalized spacial score (nSPS) is 13.2. The molecule has 0 heterocycles. The maximum atomic E-state index is 12.7. The van der Waals surface area contributed by atoms with Crippen LogP contribution in [0.3, 0.4) is 0 Å². The first kappa shape index (κ1) is 24.7. The number of hydrogen-bond donors (Lipinski definition) is 3. The second-order valence-corrected chi connectivity index (χ2v) is 7.06. The molecule has 2 rings (SSSR count). The molecule has 0 unspecified atom stereocenters. The van der Waals surface area contributed by atoms with Gasteiger partial charge >= 0.3 is 12.1 Å². The van der Waals surface area contributed by atoms with Crippen LogP contribution in [-0.2, 0) is 32.1 Å². The molecule has 3 atom stereocenters. The Morgan fingerprint density at radius 1 is 0.938 bits per heavy atom. The summed E-state index contributed by atoms with van der Waals surface area (Å²) in [5.41, 5.74) is 1.52. The smallest absolute Gasteiger partial charge is 0.408 e. The minimum absolute atomic E-state index is 0.00305. The molecule has 172 valence electrons. The fraction of sp³-hybridized carbons (Fsp3) is 0.348. The molecule has 32 heavy (non-hydrogen) atoms. The molecular weight excluding hydrogens is 416 g/mol. The van der Waals surface area contributed by atoms with E-state index in [1.165, 1.54) is 14.0 Å². The van der Waals surface area contributed by atoms with Crippen molar-refractivity contribution in [2.24, 2.45) is 0 Å². The van der Waals surface area contributed by atoms with Crippen LogP contribution in [-0.4, -0.2) is 55.5 Å². The van der Waals surface area contributed by atoms with Gasteiger partial charge in [0.05, 0.1) is 20.3 Å². The number of aliphatic hydroxyl groups is 1. The van der Waals surface area contributed by atoms with E-state index >= 15 is 0 Å². The van der Waals surface area contributed by atoms with E-state index in [1.54, 1.807) is 55.6 Å². The molecule has 0 fully saturated rings. The molecule has 0 saturated carbocycles. The van der Waals surface area contributed by atoms with Crippen molar-refractivity contribution in [3.63, 3.8) is 0 Å².